The third-order valence-corrected chi connectivity index (χ3v) is 2.64. The van der Waals surface area contributed by atoms with Crippen LogP contribution >= 0.6 is 0 Å². The van der Waals surface area contributed by atoms with E-state index in [9.17, 15) is 18.0 Å². The van der Waals surface area contributed by atoms with Crippen molar-refractivity contribution in [1.82, 2.24) is 10.6 Å². The maximum Gasteiger partial charge on any atom is 0.333 e. The highest BCUT2D eigenvalue weighted by molar-refractivity contribution is 7.85. The molecule has 0 saturated carbocycles. The van der Waals surface area contributed by atoms with Crippen molar-refractivity contribution in [2.45, 2.75) is 13.3 Å². The van der Waals surface area contributed by atoms with Gasteiger partial charge in [0.05, 0.1) is 12.3 Å². The first kappa shape index (κ1) is 17.4. The van der Waals surface area contributed by atoms with Crippen LogP contribution in [0, 0.1) is 0 Å². The second kappa shape index (κ2) is 8.48. The average Bonchev–Trinajstić information content (AvgIpc) is 2.28. The SMILES string of the molecule is C=C(C)C(=O)OCCNC(=O)NCCCS(=O)(=O)O. The van der Waals surface area contributed by atoms with Crippen molar-refractivity contribution in [2.75, 3.05) is 25.4 Å². The van der Waals surface area contributed by atoms with Crippen LogP contribution in [-0.2, 0) is 19.6 Å². The van der Waals surface area contributed by atoms with Crippen molar-refractivity contribution >= 4 is 22.1 Å². The first-order valence-corrected chi connectivity index (χ1v) is 7.13. The van der Waals surface area contributed by atoms with Gasteiger partial charge >= 0.3 is 12.0 Å². The minimum atomic E-state index is -4.00. The Kier molecular flexibility index (Phi) is 7.77. The summed E-state index contributed by atoms with van der Waals surface area (Å²) in [5.41, 5.74) is 0.273. The number of ether oxygens (including phenoxy) is 1. The van der Waals surface area contributed by atoms with Crippen molar-refractivity contribution in [1.29, 1.82) is 0 Å². The molecule has 0 rings (SSSR count). The van der Waals surface area contributed by atoms with Crippen molar-refractivity contribution in [3.63, 3.8) is 0 Å². The molecule has 8 nitrogen and oxygen atoms in total. The summed E-state index contributed by atoms with van der Waals surface area (Å²) in [5.74, 6) is -0.945. The molecule has 0 bridgehead atoms. The monoisotopic (exact) mass is 294 g/mol. The molecule has 9 heteroatoms. The van der Waals surface area contributed by atoms with Gasteiger partial charge in [-0.3, -0.25) is 4.55 Å². The molecule has 0 spiro atoms. The molecule has 0 unspecified atom stereocenters. The maximum atomic E-state index is 11.2. The van der Waals surface area contributed by atoms with Crippen LogP contribution in [0.15, 0.2) is 12.2 Å². The molecule has 3 N–H and O–H groups in total. The lowest BCUT2D eigenvalue weighted by Gasteiger charge is -2.07. The Balaban J connectivity index is 3.55. The van der Waals surface area contributed by atoms with Gasteiger partial charge in [0.2, 0.25) is 0 Å². The minimum Gasteiger partial charge on any atom is -0.460 e. The third-order valence-electron chi connectivity index (χ3n) is 1.83. The molecule has 0 fully saturated rings. The fraction of sp³-hybridized carbons (Fsp3) is 0.600. The van der Waals surface area contributed by atoms with Crippen LogP contribution in [0.25, 0.3) is 0 Å². The number of carbonyl (C=O) groups excluding carboxylic acids is 2. The van der Waals surface area contributed by atoms with E-state index in [1.807, 2.05) is 0 Å². The van der Waals surface area contributed by atoms with E-state index in [4.69, 9.17) is 9.29 Å². The van der Waals surface area contributed by atoms with Gasteiger partial charge in [-0.2, -0.15) is 8.42 Å². The zero-order valence-electron chi connectivity index (χ0n) is 10.6. The van der Waals surface area contributed by atoms with Gasteiger partial charge in [-0.1, -0.05) is 6.58 Å². The summed E-state index contributed by atoms with van der Waals surface area (Å²) in [6.45, 7) is 5.16. The van der Waals surface area contributed by atoms with E-state index in [2.05, 4.69) is 17.2 Å². The predicted octanol–water partition coefficient (Wildman–Crippen LogP) is -0.317. The molecule has 0 aliphatic heterocycles. The predicted molar refractivity (Wildman–Crippen MR) is 68.2 cm³/mol. The lowest BCUT2D eigenvalue weighted by atomic mass is 10.4. The Morgan fingerprint density at radius 2 is 1.84 bits per heavy atom. The Labute approximate surface area is 111 Å². The van der Waals surface area contributed by atoms with Gasteiger partial charge < -0.3 is 15.4 Å². The summed E-state index contributed by atoms with van der Waals surface area (Å²) in [7, 11) is -4.00. The molecule has 0 aromatic carbocycles. The molecule has 0 aliphatic carbocycles. The first-order valence-electron chi connectivity index (χ1n) is 5.52. The van der Waals surface area contributed by atoms with Crippen molar-refractivity contribution < 1.29 is 27.3 Å². The van der Waals surface area contributed by atoms with Crippen molar-refractivity contribution in [3.05, 3.63) is 12.2 Å². The molecular weight excluding hydrogens is 276 g/mol. The first-order chi connectivity index (χ1) is 8.72. The summed E-state index contributed by atoms with van der Waals surface area (Å²) in [6, 6.07) is -0.512. The van der Waals surface area contributed by atoms with Gasteiger partial charge in [-0.25, -0.2) is 9.59 Å². The van der Waals surface area contributed by atoms with Crippen LogP contribution < -0.4 is 10.6 Å². The number of carbonyl (C=O) groups is 2. The maximum absolute atomic E-state index is 11.2. The molecule has 19 heavy (non-hydrogen) atoms. The van der Waals surface area contributed by atoms with Gasteiger partial charge in [-0.05, 0) is 13.3 Å². The van der Waals surface area contributed by atoms with Gasteiger partial charge in [0.1, 0.15) is 6.61 Å². The Morgan fingerprint density at radius 1 is 1.26 bits per heavy atom. The molecule has 2 amide bonds. The second-order valence-electron chi connectivity index (χ2n) is 3.74. The smallest absolute Gasteiger partial charge is 0.333 e. The summed E-state index contributed by atoms with van der Waals surface area (Å²) in [6.07, 6.45) is 0.108. The van der Waals surface area contributed by atoms with Crippen LogP contribution in [0.2, 0.25) is 0 Å². The van der Waals surface area contributed by atoms with Crippen LogP contribution in [0.5, 0.6) is 0 Å². The molecule has 0 heterocycles. The molecule has 0 aromatic heterocycles. The molecule has 0 radical (unpaired) electrons. The molecule has 0 aliphatic rings. The highest BCUT2D eigenvalue weighted by Gasteiger charge is 2.05. The largest absolute Gasteiger partial charge is 0.460 e. The van der Waals surface area contributed by atoms with Crippen molar-refractivity contribution in [3.8, 4) is 0 Å². The number of hydrogen-bond acceptors (Lipinski definition) is 5. The highest BCUT2D eigenvalue weighted by Crippen LogP contribution is 1.90. The van der Waals surface area contributed by atoms with Gasteiger partial charge in [-0.15, -0.1) is 0 Å². The second-order valence-corrected chi connectivity index (χ2v) is 5.31. The summed E-state index contributed by atoms with van der Waals surface area (Å²) < 4.78 is 33.9. The number of amides is 2. The van der Waals surface area contributed by atoms with E-state index >= 15 is 0 Å². The Bertz CT molecular complexity index is 431. The van der Waals surface area contributed by atoms with E-state index in [-0.39, 0.29) is 31.7 Å². The van der Waals surface area contributed by atoms with E-state index in [0.29, 0.717) is 0 Å². The minimum absolute atomic E-state index is 0.0180. The van der Waals surface area contributed by atoms with Crippen LogP contribution in [0.1, 0.15) is 13.3 Å². The fourth-order valence-electron chi connectivity index (χ4n) is 0.950. The Morgan fingerprint density at radius 3 is 2.37 bits per heavy atom. The average molecular weight is 294 g/mol. The quantitative estimate of drug-likeness (QED) is 0.244. The lowest BCUT2D eigenvalue weighted by molar-refractivity contribution is -0.138. The molecule has 0 atom stereocenters. The molecule has 110 valence electrons. The molecule has 0 saturated heterocycles. The van der Waals surface area contributed by atoms with E-state index in [0.717, 1.165) is 0 Å². The molecular formula is C10H18N2O6S. The number of urea groups is 1. The van der Waals surface area contributed by atoms with Gasteiger partial charge in [0.25, 0.3) is 10.1 Å². The summed E-state index contributed by atoms with van der Waals surface area (Å²) >= 11 is 0. The lowest BCUT2D eigenvalue weighted by Crippen LogP contribution is -2.38. The number of rotatable bonds is 8. The number of hydrogen-bond donors (Lipinski definition) is 3. The topological polar surface area (TPSA) is 122 Å². The Hall–Kier alpha value is -1.61. The van der Waals surface area contributed by atoms with Crippen LogP contribution in [0.3, 0.4) is 0 Å². The van der Waals surface area contributed by atoms with Crippen LogP contribution in [0.4, 0.5) is 4.79 Å². The summed E-state index contributed by atoms with van der Waals surface area (Å²) in [4.78, 5) is 22.1. The van der Waals surface area contributed by atoms with E-state index in [1.165, 1.54) is 6.92 Å². The normalized spacial score (nSPS) is 10.6. The zero-order chi connectivity index (χ0) is 14.9. The van der Waals surface area contributed by atoms with E-state index < -0.39 is 27.9 Å². The summed E-state index contributed by atoms with van der Waals surface area (Å²) in [5, 5.41) is 4.79. The molecule has 0 aromatic rings. The third kappa shape index (κ3) is 11.2. The zero-order valence-corrected chi connectivity index (χ0v) is 11.5. The standard InChI is InChI=1S/C10H18N2O6S/c1-8(2)9(13)18-6-5-12-10(14)11-4-3-7-19(15,16)17/h1,3-7H2,2H3,(H2,11,12,14)(H,15,16,17). The highest BCUT2D eigenvalue weighted by atomic mass is 32.2. The number of nitrogens with one attached hydrogen (secondary N) is 2. The van der Waals surface area contributed by atoms with E-state index in [1.54, 1.807) is 0 Å². The van der Waals surface area contributed by atoms with Gasteiger partial charge in [0.15, 0.2) is 0 Å². The number of esters is 1. The van der Waals surface area contributed by atoms with Crippen molar-refractivity contribution in [2.24, 2.45) is 0 Å². The fourth-order valence-corrected chi connectivity index (χ4v) is 1.46. The van der Waals surface area contributed by atoms with Crippen LogP contribution in [-0.4, -0.2) is 50.4 Å². The van der Waals surface area contributed by atoms with Gasteiger partial charge in [0, 0.05) is 12.1 Å².